The molecule has 0 N–H and O–H groups in total. The highest BCUT2D eigenvalue weighted by molar-refractivity contribution is 5.34. The average molecular weight is 136 g/mol. The van der Waals surface area contributed by atoms with Gasteiger partial charge in [0, 0.05) is 0 Å². The van der Waals surface area contributed by atoms with Gasteiger partial charge in [0.15, 0.2) is 0 Å². The van der Waals surface area contributed by atoms with Crippen LogP contribution in [-0.2, 0) is 0 Å². The molecule has 0 heteroatoms. The van der Waals surface area contributed by atoms with Gasteiger partial charge >= 0.3 is 0 Å². The fourth-order valence-electron chi connectivity index (χ4n) is 4.84. The summed E-state index contributed by atoms with van der Waals surface area (Å²) in [6.45, 7) is 7.43. The third kappa shape index (κ3) is 0.245. The van der Waals surface area contributed by atoms with Crippen molar-refractivity contribution in [1.29, 1.82) is 0 Å². The van der Waals surface area contributed by atoms with Gasteiger partial charge < -0.3 is 0 Å². The summed E-state index contributed by atoms with van der Waals surface area (Å²) in [5.41, 5.74) is 1.70. The van der Waals surface area contributed by atoms with E-state index in [1.807, 2.05) is 0 Å². The van der Waals surface area contributed by atoms with Gasteiger partial charge in [-0.05, 0) is 41.4 Å². The standard InChI is InChI=1S/C10H16/c1-6-4-8-5-9(3)7(2)10(6,8)9/h6-8H,4-5H2,1-3H3. The SMILES string of the molecule is CC1CC2CC3(C)C(C)C123. The summed E-state index contributed by atoms with van der Waals surface area (Å²) in [7, 11) is 0. The second-order valence-electron chi connectivity index (χ2n) is 5.11. The van der Waals surface area contributed by atoms with Crippen LogP contribution in [0.3, 0.4) is 0 Å². The van der Waals surface area contributed by atoms with E-state index in [4.69, 9.17) is 0 Å². The van der Waals surface area contributed by atoms with Gasteiger partial charge in [0.05, 0.1) is 0 Å². The second-order valence-corrected chi connectivity index (χ2v) is 5.11. The lowest BCUT2D eigenvalue weighted by Gasteiger charge is -2.56. The summed E-state index contributed by atoms with van der Waals surface area (Å²) in [6.07, 6.45) is 3.10. The highest BCUT2D eigenvalue weighted by Crippen LogP contribution is 2.92. The molecule has 0 aliphatic heterocycles. The Kier molecular flexibility index (Phi) is 0.612. The Labute approximate surface area is 63.0 Å². The Bertz CT molecular complexity index is 202. The van der Waals surface area contributed by atoms with Gasteiger partial charge in [-0.3, -0.25) is 0 Å². The Balaban J connectivity index is 2.02. The largest absolute Gasteiger partial charge is 0.0619 e. The van der Waals surface area contributed by atoms with E-state index in [-0.39, 0.29) is 0 Å². The maximum absolute atomic E-state index is 2.50. The molecule has 0 aromatic rings. The highest BCUT2D eigenvalue weighted by atomic mass is 14.9. The van der Waals surface area contributed by atoms with Crippen molar-refractivity contribution in [2.75, 3.05) is 0 Å². The van der Waals surface area contributed by atoms with E-state index in [0.29, 0.717) is 0 Å². The van der Waals surface area contributed by atoms with Gasteiger partial charge in [-0.25, -0.2) is 0 Å². The lowest BCUT2D eigenvalue weighted by atomic mass is 9.48. The van der Waals surface area contributed by atoms with Crippen LogP contribution in [0.2, 0.25) is 0 Å². The molecule has 3 saturated carbocycles. The Morgan fingerprint density at radius 3 is 2.20 bits per heavy atom. The quantitative estimate of drug-likeness (QED) is 0.480. The third-order valence-electron chi connectivity index (χ3n) is 5.38. The van der Waals surface area contributed by atoms with Crippen molar-refractivity contribution in [2.24, 2.45) is 28.6 Å². The minimum absolute atomic E-state index is 0.815. The van der Waals surface area contributed by atoms with Gasteiger partial charge in [-0.2, -0.15) is 0 Å². The third-order valence-corrected chi connectivity index (χ3v) is 5.38. The number of hydrogen-bond donors (Lipinski definition) is 0. The molecule has 0 bridgehead atoms. The molecule has 0 saturated heterocycles. The molecule has 10 heavy (non-hydrogen) atoms. The maximum Gasteiger partial charge on any atom is -0.0155 e. The number of hydrogen-bond acceptors (Lipinski definition) is 0. The molecule has 3 aliphatic carbocycles. The molecule has 0 radical (unpaired) electrons. The summed E-state index contributed by atoms with van der Waals surface area (Å²) in [6, 6.07) is 0. The van der Waals surface area contributed by atoms with E-state index in [1.165, 1.54) is 0 Å². The van der Waals surface area contributed by atoms with Crippen LogP contribution >= 0.6 is 0 Å². The number of rotatable bonds is 0. The molecule has 3 aliphatic rings. The summed E-state index contributed by atoms with van der Waals surface area (Å²) >= 11 is 0. The summed E-state index contributed by atoms with van der Waals surface area (Å²) < 4.78 is 0. The van der Waals surface area contributed by atoms with E-state index in [2.05, 4.69) is 20.8 Å². The molecule has 5 unspecified atom stereocenters. The van der Waals surface area contributed by atoms with Crippen LogP contribution in [0.25, 0.3) is 0 Å². The van der Waals surface area contributed by atoms with Crippen molar-refractivity contribution in [1.82, 2.24) is 0 Å². The first kappa shape index (κ1) is 5.62. The minimum Gasteiger partial charge on any atom is -0.0619 e. The van der Waals surface area contributed by atoms with E-state index in [0.717, 1.165) is 28.6 Å². The Morgan fingerprint density at radius 1 is 1.30 bits per heavy atom. The van der Waals surface area contributed by atoms with Crippen LogP contribution in [0.5, 0.6) is 0 Å². The summed E-state index contributed by atoms with van der Waals surface area (Å²) in [5, 5.41) is 0. The van der Waals surface area contributed by atoms with Crippen molar-refractivity contribution in [3.8, 4) is 0 Å². The Morgan fingerprint density at radius 2 is 2.00 bits per heavy atom. The molecule has 5 atom stereocenters. The second kappa shape index (κ2) is 1.09. The molecular formula is C10H16. The lowest BCUT2D eigenvalue weighted by molar-refractivity contribution is -0.0791. The van der Waals surface area contributed by atoms with Crippen LogP contribution in [-0.4, -0.2) is 0 Å². The molecule has 56 valence electrons. The van der Waals surface area contributed by atoms with Gasteiger partial charge in [0.1, 0.15) is 0 Å². The summed E-state index contributed by atoms with van der Waals surface area (Å²) in [4.78, 5) is 0. The van der Waals surface area contributed by atoms with E-state index in [9.17, 15) is 0 Å². The fourth-order valence-corrected chi connectivity index (χ4v) is 4.84. The molecule has 1 spiro atoms. The van der Waals surface area contributed by atoms with Crippen LogP contribution in [0, 0.1) is 28.6 Å². The highest BCUT2D eigenvalue weighted by Gasteiger charge is 2.87. The van der Waals surface area contributed by atoms with Crippen LogP contribution in [0.1, 0.15) is 33.6 Å². The van der Waals surface area contributed by atoms with Gasteiger partial charge in [0.2, 0.25) is 0 Å². The Hall–Kier alpha value is 0. The minimum atomic E-state index is 0.815. The molecular weight excluding hydrogens is 120 g/mol. The molecule has 0 aromatic carbocycles. The van der Waals surface area contributed by atoms with Gasteiger partial charge in [-0.1, -0.05) is 20.8 Å². The van der Waals surface area contributed by atoms with Crippen molar-refractivity contribution < 1.29 is 0 Å². The molecule has 3 fully saturated rings. The average Bonchev–Trinajstić information content (AvgIpc) is 2.28. The fraction of sp³-hybridized carbons (Fsp3) is 1.00. The lowest BCUT2D eigenvalue weighted by Crippen LogP contribution is -2.49. The van der Waals surface area contributed by atoms with Crippen LogP contribution in [0.4, 0.5) is 0 Å². The monoisotopic (exact) mass is 136 g/mol. The van der Waals surface area contributed by atoms with Gasteiger partial charge in [-0.15, -0.1) is 0 Å². The van der Waals surface area contributed by atoms with Crippen LogP contribution < -0.4 is 0 Å². The van der Waals surface area contributed by atoms with Crippen LogP contribution in [0.15, 0.2) is 0 Å². The zero-order valence-electron chi connectivity index (χ0n) is 7.15. The summed E-state index contributed by atoms with van der Waals surface area (Å²) in [5.74, 6) is 3.28. The smallest absolute Gasteiger partial charge is 0.0155 e. The molecule has 3 rings (SSSR count). The first-order chi connectivity index (χ1) is 4.64. The van der Waals surface area contributed by atoms with E-state index >= 15 is 0 Å². The zero-order valence-corrected chi connectivity index (χ0v) is 7.15. The first-order valence-electron chi connectivity index (χ1n) is 4.64. The van der Waals surface area contributed by atoms with Crippen molar-refractivity contribution >= 4 is 0 Å². The van der Waals surface area contributed by atoms with Crippen molar-refractivity contribution in [3.05, 3.63) is 0 Å². The maximum atomic E-state index is 2.50. The van der Waals surface area contributed by atoms with Crippen molar-refractivity contribution in [2.45, 2.75) is 33.6 Å². The predicted molar refractivity (Wildman–Crippen MR) is 41.6 cm³/mol. The van der Waals surface area contributed by atoms with Gasteiger partial charge in [0.25, 0.3) is 0 Å². The molecule has 0 nitrogen and oxygen atoms in total. The van der Waals surface area contributed by atoms with Crippen molar-refractivity contribution in [3.63, 3.8) is 0 Å². The van der Waals surface area contributed by atoms with E-state index in [1.54, 1.807) is 12.8 Å². The molecule has 0 amide bonds. The normalized spacial score (nSPS) is 76.5. The predicted octanol–water partition coefficient (Wildman–Crippen LogP) is 2.69. The topological polar surface area (TPSA) is 0 Å². The molecule has 0 aromatic heterocycles. The van der Waals surface area contributed by atoms with E-state index < -0.39 is 0 Å². The zero-order chi connectivity index (χ0) is 7.15. The molecule has 0 heterocycles. The first-order valence-corrected chi connectivity index (χ1v) is 4.64.